The van der Waals surface area contributed by atoms with E-state index in [1.165, 1.54) is 31.5 Å². The summed E-state index contributed by atoms with van der Waals surface area (Å²) >= 11 is 7.11. The van der Waals surface area contributed by atoms with E-state index in [0.29, 0.717) is 11.1 Å². The van der Waals surface area contributed by atoms with Gasteiger partial charge in [0.2, 0.25) is 0 Å². The van der Waals surface area contributed by atoms with Crippen molar-refractivity contribution in [2.45, 2.75) is 44.0 Å². The Morgan fingerprint density at radius 3 is 2.36 bits per heavy atom. The smallest absolute Gasteiger partial charge is 0.303 e. The van der Waals surface area contributed by atoms with Gasteiger partial charge < -0.3 is 19.3 Å². The van der Waals surface area contributed by atoms with Crippen molar-refractivity contribution in [1.82, 2.24) is 4.98 Å². The summed E-state index contributed by atoms with van der Waals surface area (Å²) in [5, 5.41) is 11.8. The lowest BCUT2D eigenvalue weighted by Gasteiger charge is -2.45. The SMILES string of the molecule is CC(=O)O[C@@H]1[C@@H](OC(C)=O)[C@@](O)(c2cncc(-c3ccc(F)cc3Cl)c2)SC[C@H]1OC(C)=O. The number of benzene rings is 1. The van der Waals surface area contributed by atoms with E-state index in [1.54, 1.807) is 6.07 Å². The molecule has 1 saturated heterocycles. The lowest BCUT2D eigenvalue weighted by molar-refractivity contribution is -0.197. The summed E-state index contributed by atoms with van der Waals surface area (Å²) in [5.74, 6) is -2.56. The largest absolute Gasteiger partial charge is 0.458 e. The van der Waals surface area contributed by atoms with Gasteiger partial charge in [-0.2, -0.15) is 0 Å². The fraction of sp³-hybridized carbons (Fsp3) is 0.364. The molecule has 0 amide bonds. The van der Waals surface area contributed by atoms with Gasteiger partial charge in [0.15, 0.2) is 23.2 Å². The van der Waals surface area contributed by atoms with Crippen LogP contribution >= 0.6 is 23.4 Å². The number of carbonyl (C=O) groups excluding carboxylic acids is 3. The number of halogens is 2. The summed E-state index contributed by atoms with van der Waals surface area (Å²) in [6.07, 6.45) is -0.835. The molecule has 0 spiro atoms. The Morgan fingerprint density at radius 2 is 1.76 bits per heavy atom. The molecule has 33 heavy (non-hydrogen) atoms. The summed E-state index contributed by atoms with van der Waals surface area (Å²) in [6, 6.07) is 5.42. The van der Waals surface area contributed by atoms with Crippen LogP contribution in [0.15, 0.2) is 36.7 Å². The first kappa shape index (κ1) is 24.9. The maximum atomic E-state index is 13.5. The van der Waals surface area contributed by atoms with E-state index in [0.717, 1.165) is 31.7 Å². The van der Waals surface area contributed by atoms with Gasteiger partial charge in [-0.1, -0.05) is 11.6 Å². The number of aliphatic hydroxyl groups is 1. The highest BCUT2D eigenvalue weighted by molar-refractivity contribution is 8.00. The molecule has 0 bridgehead atoms. The number of pyridine rings is 1. The molecule has 1 aliphatic heterocycles. The molecule has 0 saturated carbocycles. The van der Waals surface area contributed by atoms with Crippen molar-refractivity contribution in [3.05, 3.63) is 53.1 Å². The Balaban J connectivity index is 2.08. The van der Waals surface area contributed by atoms with E-state index in [4.69, 9.17) is 25.8 Å². The van der Waals surface area contributed by atoms with Crippen LogP contribution in [-0.2, 0) is 33.5 Å². The van der Waals surface area contributed by atoms with E-state index in [1.807, 2.05) is 0 Å². The van der Waals surface area contributed by atoms with Gasteiger partial charge in [-0.3, -0.25) is 19.4 Å². The zero-order valence-electron chi connectivity index (χ0n) is 17.9. The number of carbonyl (C=O) groups is 3. The maximum absolute atomic E-state index is 13.5. The average Bonchev–Trinajstić information content (AvgIpc) is 2.72. The second-order valence-corrected chi connectivity index (χ2v) is 9.00. The second-order valence-electron chi connectivity index (χ2n) is 7.35. The number of nitrogens with zero attached hydrogens (tertiary/aromatic N) is 1. The van der Waals surface area contributed by atoms with Crippen LogP contribution in [-0.4, -0.2) is 52.1 Å². The average molecular weight is 498 g/mol. The molecule has 0 unspecified atom stereocenters. The number of rotatable bonds is 5. The van der Waals surface area contributed by atoms with E-state index in [-0.39, 0.29) is 16.3 Å². The highest BCUT2D eigenvalue weighted by Gasteiger charge is 2.55. The molecule has 1 fully saturated rings. The molecule has 2 heterocycles. The Morgan fingerprint density at radius 1 is 1.09 bits per heavy atom. The lowest BCUT2D eigenvalue weighted by Crippen LogP contribution is -2.58. The summed E-state index contributed by atoms with van der Waals surface area (Å²) < 4.78 is 29.5. The standard InChI is InChI=1S/C22H21ClFNO7S/c1-11(26)30-19-10-33-22(29,21(32-13(3)28)20(19)31-12(2)27)15-6-14(8-25-9-15)17-5-4-16(24)7-18(17)23/h4-9,19-21,29H,10H2,1-3H3/t19-,20+,21-,22-/m1/s1. The van der Waals surface area contributed by atoms with Crippen molar-refractivity contribution in [2.24, 2.45) is 0 Å². The molecule has 4 atom stereocenters. The Kier molecular flexibility index (Phi) is 7.61. The number of ether oxygens (including phenoxy) is 3. The van der Waals surface area contributed by atoms with Gasteiger partial charge in [0.05, 0.1) is 5.02 Å². The molecule has 8 nitrogen and oxygen atoms in total. The minimum atomic E-state index is -1.92. The van der Waals surface area contributed by atoms with E-state index < -0.39 is 47.0 Å². The van der Waals surface area contributed by atoms with E-state index >= 15 is 0 Å². The lowest BCUT2D eigenvalue weighted by atomic mass is 9.94. The van der Waals surface area contributed by atoms with Crippen molar-refractivity contribution in [2.75, 3.05) is 5.75 Å². The Labute approximate surface area is 198 Å². The molecule has 2 aromatic rings. The molecule has 0 aliphatic carbocycles. The van der Waals surface area contributed by atoms with Crippen LogP contribution in [0, 0.1) is 5.82 Å². The van der Waals surface area contributed by atoms with Crippen LogP contribution in [0.1, 0.15) is 26.3 Å². The third-order valence-corrected chi connectivity index (χ3v) is 6.54. The quantitative estimate of drug-likeness (QED) is 0.491. The number of thioether (sulfide) groups is 1. The summed E-state index contributed by atoms with van der Waals surface area (Å²) in [5.41, 5.74) is 1.16. The van der Waals surface area contributed by atoms with Crippen molar-refractivity contribution in [3.8, 4) is 11.1 Å². The summed E-state index contributed by atoms with van der Waals surface area (Å²) in [4.78, 5) is 37.5. The van der Waals surface area contributed by atoms with Crippen LogP contribution in [0.25, 0.3) is 11.1 Å². The Hall–Kier alpha value is -2.69. The van der Waals surface area contributed by atoms with Crippen molar-refractivity contribution >= 4 is 41.3 Å². The first-order valence-electron chi connectivity index (χ1n) is 9.80. The minimum absolute atomic E-state index is 0.0350. The van der Waals surface area contributed by atoms with E-state index in [9.17, 15) is 23.9 Å². The fourth-order valence-electron chi connectivity index (χ4n) is 3.53. The second kappa shape index (κ2) is 10.1. The molecular weight excluding hydrogens is 477 g/mol. The van der Waals surface area contributed by atoms with Crippen molar-refractivity contribution < 1.29 is 38.1 Å². The maximum Gasteiger partial charge on any atom is 0.303 e. The predicted molar refractivity (Wildman–Crippen MR) is 118 cm³/mol. The predicted octanol–water partition coefficient (Wildman–Crippen LogP) is 3.23. The van der Waals surface area contributed by atoms with Crippen LogP contribution < -0.4 is 0 Å². The normalized spacial score (nSPS) is 24.6. The Bertz CT molecular complexity index is 1080. The topological polar surface area (TPSA) is 112 Å². The number of hydrogen-bond donors (Lipinski definition) is 1. The van der Waals surface area contributed by atoms with E-state index in [2.05, 4.69) is 4.98 Å². The first-order valence-corrected chi connectivity index (χ1v) is 11.2. The third-order valence-electron chi connectivity index (χ3n) is 4.82. The van der Waals surface area contributed by atoms with Crippen LogP contribution in [0.4, 0.5) is 4.39 Å². The van der Waals surface area contributed by atoms with Crippen molar-refractivity contribution in [1.29, 1.82) is 0 Å². The number of hydrogen-bond acceptors (Lipinski definition) is 9. The van der Waals surface area contributed by atoms with Gasteiger partial charge in [-0.15, -0.1) is 11.8 Å². The number of aromatic nitrogens is 1. The van der Waals surface area contributed by atoms with Gasteiger partial charge in [0, 0.05) is 55.6 Å². The molecule has 176 valence electrons. The summed E-state index contributed by atoms with van der Waals surface area (Å²) in [7, 11) is 0. The fourth-order valence-corrected chi connectivity index (χ4v) is 5.10. The minimum Gasteiger partial charge on any atom is -0.458 e. The zero-order chi connectivity index (χ0) is 24.3. The molecule has 1 aromatic heterocycles. The summed E-state index contributed by atoms with van der Waals surface area (Å²) in [6.45, 7) is 3.48. The number of esters is 3. The molecule has 3 rings (SSSR count). The van der Waals surface area contributed by atoms with Gasteiger partial charge in [-0.05, 0) is 24.3 Å². The van der Waals surface area contributed by atoms with Crippen LogP contribution in [0.3, 0.4) is 0 Å². The molecular formula is C22H21ClFNO7S. The molecule has 0 radical (unpaired) electrons. The molecule has 1 aromatic carbocycles. The first-order chi connectivity index (χ1) is 15.5. The molecule has 1 aliphatic rings. The monoisotopic (exact) mass is 497 g/mol. The van der Waals surface area contributed by atoms with Crippen LogP contribution in [0.5, 0.6) is 0 Å². The van der Waals surface area contributed by atoms with Crippen LogP contribution in [0.2, 0.25) is 5.02 Å². The highest BCUT2D eigenvalue weighted by atomic mass is 35.5. The zero-order valence-corrected chi connectivity index (χ0v) is 19.5. The van der Waals surface area contributed by atoms with Gasteiger partial charge in [0.25, 0.3) is 0 Å². The van der Waals surface area contributed by atoms with Gasteiger partial charge >= 0.3 is 17.9 Å². The van der Waals surface area contributed by atoms with Gasteiger partial charge in [0.1, 0.15) is 5.82 Å². The van der Waals surface area contributed by atoms with Crippen molar-refractivity contribution in [3.63, 3.8) is 0 Å². The molecule has 11 heteroatoms. The molecule has 1 N–H and O–H groups in total. The highest BCUT2D eigenvalue weighted by Crippen LogP contribution is 2.47. The third kappa shape index (κ3) is 5.63. The van der Waals surface area contributed by atoms with Gasteiger partial charge in [-0.25, -0.2) is 4.39 Å².